The number of nitrogens with two attached hydrogens (primary N) is 1. The topological polar surface area (TPSA) is 60.2 Å². The van der Waals surface area contributed by atoms with Crippen LogP contribution in [0.25, 0.3) is 0 Å². The van der Waals surface area contributed by atoms with E-state index in [0.717, 1.165) is 40.8 Å². The molecule has 1 unspecified atom stereocenters. The molecule has 0 bridgehead atoms. The van der Waals surface area contributed by atoms with Crippen LogP contribution in [-0.2, 0) is 12.8 Å². The van der Waals surface area contributed by atoms with E-state index in [1.54, 1.807) is 6.20 Å². The number of nitrogens with one attached hydrogen (secondary N) is 1. The highest BCUT2D eigenvalue weighted by Crippen LogP contribution is 2.35. The summed E-state index contributed by atoms with van der Waals surface area (Å²) in [6, 6.07) is 7.88. The van der Waals surface area contributed by atoms with Crippen molar-refractivity contribution in [1.29, 1.82) is 0 Å². The van der Waals surface area contributed by atoms with Crippen LogP contribution in [-0.4, -0.2) is 11.6 Å². The molecule has 0 amide bonds. The smallest absolute Gasteiger partial charge is 0.129 e. The monoisotopic (exact) mass is 367 g/mol. The van der Waals surface area contributed by atoms with E-state index in [1.807, 2.05) is 12.1 Å². The summed E-state index contributed by atoms with van der Waals surface area (Å²) in [5.74, 6) is 6.70. The fourth-order valence-corrected chi connectivity index (χ4v) is 3.36. The highest BCUT2D eigenvalue weighted by atomic mass is 79.9. The summed E-state index contributed by atoms with van der Waals surface area (Å²) in [5.41, 5.74) is 6.22. The molecule has 2 heterocycles. The van der Waals surface area contributed by atoms with Gasteiger partial charge in [-0.3, -0.25) is 11.3 Å². The minimum Gasteiger partial charge on any atom is -0.493 e. The molecule has 6 heteroatoms. The quantitative estimate of drug-likeness (QED) is 0.494. The minimum absolute atomic E-state index is 0.0481. The number of hydrogen-bond acceptors (Lipinski definition) is 4. The third-order valence-electron chi connectivity index (χ3n) is 3.60. The number of halogens is 2. The van der Waals surface area contributed by atoms with Crippen LogP contribution < -0.4 is 16.0 Å². The number of hydrogen-bond donors (Lipinski definition) is 2. The van der Waals surface area contributed by atoms with E-state index in [4.69, 9.17) is 22.2 Å². The van der Waals surface area contributed by atoms with E-state index in [-0.39, 0.29) is 6.04 Å². The zero-order valence-corrected chi connectivity index (χ0v) is 13.6. The Balaban J connectivity index is 1.91. The van der Waals surface area contributed by atoms with Gasteiger partial charge in [-0.15, -0.1) is 0 Å². The summed E-state index contributed by atoms with van der Waals surface area (Å²) in [5, 5.41) is 0.462. The molecule has 2 aromatic rings. The molecule has 1 aromatic heterocycles. The second-order valence-electron chi connectivity index (χ2n) is 4.99. The first kappa shape index (κ1) is 14.8. The molecule has 0 radical (unpaired) electrons. The van der Waals surface area contributed by atoms with Crippen molar-refractivity contribution in [3.63, 3.8) is 0 Å². The molecule has 0 saturated carbocycles. The third kappa shape index (κ3) is 3.21. The molecule has 3 rings (SSSR count). The van der Waals surface area contributed by atoms with Crippen LogP contribution in [0.4, 0.5) is 0 Å². The standard InChI is InChI=1S/C15H15BrClN3O/c16-12-5-10-2-4-21-15(10)11(6-12)7-13(20-18)9-1-3-19-14(17)8-9/h1,3,5-6,8,13,20H,2,4,7,18H2. The maximum absolute atomic E-state index is 5.96. The van der Waals surface area contributed by atoms with Crippen LogP contribution in [0.2, 0.25) is 5.15 Å². The second kappa shape index (κ2) is 6.32. The predicted molar refractivity (Wildman–Crippen MR) is 86.4 cm³/mol. The Labute approximate surface area is 136 Å². The van der Waals surface area contributed by atoms with Crippen LogP contribution >= 0.6 is 27.5 Å². The normalized spacial score (nSPS) is 14.6. The van der Waals surface area contributed by atoms with Crippen molar-refractivity contribution in [2.75, 3.05) is 6.61 Å². The van der Waals surface area contributed by atoms with E-state index in [9.17, 15) is 0 Å². The Hall–Kier alpha value is -1.14. The highest BCUT2D eigenvalue weighted by molar-refractivity contribution is 9.10. The number of rotatable bonds is 4. The summed E-state index contributed by atoms with van der Waals surface area (Å²) in [4.78, 5) is 4.00. The van der Waals surface area contributed by atoms with Crippen molar-refractivity contribution >= 4 is 27.5 Å². The third-order valence-corrected chi connectivity index (χ3v) is 4.27. The Bertz CT molecular complexity index is 665. The van der Waals surface area contributed by atoms with E-state index < -0.39 is 0 Å². The fourth-order valence-electron chi connectivity index (χ4n) is 2.62. The van der Waals surface area contributed by atoms with Gasteiger partial charge in [-0.1, -0.05) is 27.5 Å². The van der Waals surface area contributed by atoms with Crippen molar-refractivity contribution in [3.05, 3.63) is 56.8 Å². The summed E-state index contributed by atoms with van der Waals surface area (Å²) >= 11 is 9.51. The van der Waals surface area contributed by atoms with Crippen LogP contribution in [0, 0.1) is 0 Å². The number of ether oxygens (including phenoxy) is 1. The Morgan fingerprint density at radius 2 is 2.29 bits per heavy atom. The van der Waals surface area contributed by atoms with Crippen LogP contribution in [0.1, 0.15) is 22.7 Å². The first-order valence-electron chi connectivity index (χ1n) is 6.69. The average Bonchev–Trinajstić information content (AvgIpc) is 2.92. The molecule has 1 aliphatic rings. The maximum Gasteiger partial charge on any atom is 0.129 e. The van der Waals surface area contributed by atoms with E-state index in [0.29, 0.717) is 5.15 Å². The molecule has 3 N–H and O–H groups in total. The predicted octanol–water partition coefficient (Wildman–Crippen LogP) is 3.18. The van der Waals surface area contributed by atoms with Crippen LogP contribution in [0.3, 0.4) is 0 Å². The molecule has 21 heavy (non-hydrogen) atoms. The lowest BCUT2D eigenvalue weighted by Crippen LogP contribution is -2.29. The Morgan fingerprint density at radius 3 is 3.05 bits per heavy atom. The molecule has 1 atom stereocenters. The van der Waals surface area contributed by atoms with Gasteiger partial charge >= 0.3 is 0 Å². The molecule has 1 aromatic carbocycles. The molecule has 0 fully saturated rings. The molecular weight excluding hydrogens is 354 g/mol. The van der Waals surface area contributed by atoms with E-state index >= 15 is 0 Å². The SMILES string of the molecule is NNC(Cc1cc(Br)cc2c1OCC2)c1ccnc(Cl)c1. The van der Waals surface area contributed by atoms with Gasteiger partial charge in [0.05, 0.1) is 12.6 Å². The number of benzene rings is 1. The second-order valence-corrected chi connectivity index (χ2v) is 6.29. The number of pyridine rings is 1. The zero-order chi connectivity index (χ0) is 14.8. The van der Waals surface area contributed by atoms with Gasteiger partial charge in [0.15, 0.2) is 0 Å². The first-order chi connectivity index (χ1) is 10.2. The van der Waals surface area contributed by atoms with Gasteiger partial charge < -0.3 is 4.74 Å². The van der Waals surface area contributed by atoms with Crippen molar-refractivity contribution in [3.8, 4) is 5.75 Å². The lowest BCUT2D eigenvalue weighted by Gasteiger charge is -2.18. The van der Waals surface area contributed by atoms with Crippen molar-refractivity contribution in [2.45, 2.75) is 18.9 Å². The summed E-state index contributed by atoms with van der Waals surface area (Å²) < 4.78 is 6.82. The van der Waals surface area contributed by atoms with Crippen molar-refractivity contribution < 1.29 is 4.74 Å². The van der Waals surface area contributed by atoms with Crippen molar-refractivity contribution in [2.24, 2.45) is 5.84 Å². The fraction of sp³-hybridized carbons (Fsp3) is 0.267. The number of nitrogens with zero attached hydrogens (tertiary/aromatic N) is 1. The van der Waals surface area contributed by atoms with Gasteiger partial charge in [0.2, 0.25) is 0 Å². The van der Waals surface area contributed by atoms with Gasteiger partial charge in [0.1, 0.15) is 10.9 Å². The molecule has 110 valence electrons. The minimum atomic E-state index is -0.0481. The van der Waals surface area contributed by atoms with Crippen molar-refractivity contribution in [1.82, 2.24) is 10.4 Å². The zero-order valence-electron chi connectivity index (χ0n) is 11.3. The van der Waals surface area contributed by atoms with Crippen LogP contribution in [0.5, 0.6) is 5.75 Å². The Kier molecular flexibility index (Phi) is 4.45. The number of hydrazine groups is 1. The molecular formula is C15H15BrClN3O. The van der Waals surface area contributed by atoms with Crippen LogP contribution in [0.15, 0.2) is 34.9 Å². The molecule has 0 spiro atoms. The summed E-state index contributed by atoms with van der Waals surface area (Å²) in [6.07, 6.45) is 3.35. The molecule has 0 aliphatic carbocycles. The molecule has 4 nitrogen and oxygen atoms in total. The van der Waals surface area contributed by atoms with Gasteiger partial charge in [-0.25, -0.2) is 4.98 Å². The Morgan fingerprint density at radius 1 is 1.43 bits per heavy atom. The van der Waals surface area contributed by atoms with Gasteiger partial charge in [-0.2, -0.15) is 0 Å². The largest absolute Gasteiger partial charge is 0.493 e. The lowest BCUT2D eigenvalue weighted by atomic mass is 9.98. The van der Waals surface area contributed by atoms with Gasteiger partial charge in [-0.05, 0) is 47.4 Å². The first-order valence-corrected chi connectivity index (χ1v) is 7.86. The summed E-state index contributed by atoms with van der Waals surface area (Å²) in [7, 11) is 0. The lowest BCUT2D eigenvalue weighted by molar-refractivity contribution is 0.351. The number of fused-ring (bicyclic) bond motifs is 1. The van der Waals surface area contributed by atoms with E-state index in [1.165, 1.54) is 5.56 Å². The number of aromatic nitrogens is 1. The van der Waals surface area contributed by atoms with Gasteiger partial charge in [0, 0.05) is 17.1 Å². The average molecular weight is 369 g/mol. The van der Waals surface area contributed by atoms with Gasteiger partial charge in [0.25, 0.3) is 0 Å². The molecule has 0 saturated heterocycles. The highest BCUT2D eigenvalue weighted by Gasteiger charge is 2.20. The maximum atomic E-state index is 5.96. The van der Waals surface area contributed by atoms with E-state index in [2.05, 4.69) is 38.5 Å². The summed E-state index contributed by atoms with van der Waals surface area (Å²) in [6.45, 7) is 0.737. The molecule has 1 aliphatic heterocycles.